The summed E-state index contributed by atoms with van der Waals surface area (Å²) in [4.78, 5) is 38.9. The summed E-state index contributed by atoms with van der Waals surface area (Å²) < 4.78 is 1.41. The maximum Gasteiger partial charge on any atom is 0.274 e. The number of rotatable bonds is 2. The Bertz CT molecular complexity index is 962. The van der Waals surface area contributed by atoms with Crippen LogP contribution in [0.15, 0.2) is 35.5 Å². The van der Waals surface area contributed by atoms with E-state index in [4.69, 9.17) is 0 Å². The van der Waals surface area contributed by atoms with Crippen LogP contribution in [0.4, 0.5) is 0 Å². The van der Waals surface area contributed by atoms with Crippen molar-refractivity contribution in [2.45, 2.75) is 25.8 Å². The number of hydrogen-bond donors (Lipinski definition) is 1. The molecule has 1 aliphatic heterocycles. The molecule has 0 spiro atoms. The summed E-state index contributed by atoms with van der Waals surface area (Å²) in [5.41, 5.74) is 2.21. The van der Waals surface area contributed by atoms with Gasteiger partial charge in [0.2, 0.25) is 0 Å². The van der Waals surface area contributed by atoms with Gasteiger partial charge in [-0.3, -0.25) is 19.7 Å². The van der Waals surface area contributed by atoms with Crippen LogP contribution in [-0.2, 0) is 0 Å². The Balaban J connectivity index is 1.72. The largest absolute Gasteiger partial charge is 0.329 e. The first-order valence-electron chi connectivity index (χ1n) is 7.80. The van der Waals surface area contributed by atoms with Crippen molar-refractivity contribution in [1.29, 1.82) is 0 Å². The lowest BCUT2D eigenvalue weighted by Crippen LogP contribution is -2.31. The van der Waals surface area contributed by atoms with Gasteiger partial charge in [-0.05, 0) is 19.8 Å². The smallest absolute Gasteiger partial charge is 0.274 e. The fourth-order valence-electron chi connectivity index (χ4n) is 3.19. The van der Waals surface area contributed by atoms with E-state index in [-0.39, 0.29) is 17.5 Å². The summed E-state index contributed by atoms with van der Waals surface area (Å²) in [6, 6.07) is 3.19. The van der Waals surface area contributed by atoms with Crippen molar-refractivity contribution in [3.8, 4) is 0 Å². The summed E-state index contributed by atoms with van der Waals surface area (Å²) in [6.45, 7) is 2.43. The normalized spacial score (nSPS) is 17.5. The Kier molecular flexibility index (Phi) is 3.37. The number of amides is 1. The van der Waals surface area contributed by atoms with Crippen LogP contribution in [-0.4, -0.2) is 41.9 Å². The number of nitrogens with zero attached hydrogens (tertiary/aromatic N) is 5. The van der Waals surface area contributed by atoms with Gasteiger partial charge in [-0.15, -0.1) is 0 Å². The molecule has 8 heteroatoms. The number of likely N-dealkylation sites (tertiary alicyclic amines) is 1. The SMILES string of the molecule is Cc1cc(=O)n2[nH]c([C@@H]3CCCN3C(=O)c3cnccn3)cc2n1. The Morgan fingerprint density at radius 3 is 3.00 bits per heavy atom. The highest BCUT2D eigenvalue weighted by molar-refractivity contribution is 5.92. The molecule has 0 aliphatic carbocycles. The van der Waals surface area contributed by atoms with E-state index in [1.54, 1.807) is 11.8 Å². The molecule has 3 aromatic heterocycles. The lowest BCUT2D eigenvalue weighted by molar-refractivity contribution is 0.0726. The van der Waals surface area contributed by atoms with Crippen LogP contribution in [0, 0.1) is 6.92 Å². The second-order valence-electron chi connectivity index (χ2n) is 5.89. The minimum absolute atomic E-state index is 0.124. The Hall–Kier alpha value is -3.03. The molecule has 4 rings (SSSR count). The maximum atomic E-state index is 12.7. The Morgan fingerprint density at radius 2 is 2.21 bits per heavy atom. The third-order valence-corrected chi connectivity index (χ3v) is 4.25. The first kappa shape index (κ1) is 14.6. The molecule has 0 aromatic carbocycles. The lowest BCUT2D eigenvalue weighted by Gasteiger charge is -2.23. The number of H-pyrrole nitrogens is 1. The topological polar surface area (TPSA) is 96.2 Å². The van der Waals surface area contributed by atoms with E-state index in [1.165, 1.54) is 29.2 Å². The van der Waals surface area contributed by atoms with Crippen LogP contribution in [0.3, 0.4) is 0 Å². The Morgan fingerprint density at radius 1 is 1.33 bits per heavy atom. The van der Waals surface area contributed by atoms with Crippen molar-refractivity contribution >= 4 is 11.6 Å². The van der Waals surface area contributed by atoms with Crippen molar-refractivity contribution in [2.75, 3.05) is 6.54 Å². The molecule has 0 saturated carbocycles. The van der Waals surface area contributed by atoms with Crippen LogP contribution in [0.2, 0.25) is 0 Å². The predicted molar refractivity (Wildman–Crippen MR) is 85.6 cm³/mol. The molecule has 1 N–H and O–H groups in total. The molecule has 24 heavy (non-hydrogen) atoms. The van der Waals surface area contributed by atoms with Gasteiger partial charge in [0.25, 0.3) is 11.5 Å². The van der Waals surface area contributed by atoms with Gasteiger partial charge in [0, 0.05) is 36.8 Å². The third-order valence-electron chi connectivity index (χ3n) is 4.25. The first-order chi connectivity index (χ1) is 11.6. The fourth-order valence-corrected chi connectivity index (χ4v) is 3.19. The number of aromatic amines is 1. The van der Waals surface area contributed by atoms with Crippen LogP contribution >= 0.6 is 0 Å². The van der Waals surface area contributed by atoms with E-state index in [9.17, 15) is 9.59 Å². The quantitative estimate of drug-likeness (QED) is 0.761. The third kappa shape index (κ3) is 2.36. The van der Waals surface area contributed by atoms with E-state index in [0.717, 1.165) is 18.5 Å². The number of aromatic nitrogens is 5. The molecule has 0 bridgehead atoms. The van der Waals surface area contributed by atoms with Crippen LogP contribution in [0.25, 0.3) is 5.65 Å². The summed E-state index contributed by atoms with van der Waals surface area (Å²) in [5, 5.41) is 3.08. The highest BCUT2D eigenvalue weighted by Crippen LogP contribution is 2.32. The lowest BCUT2D eigenvalue weighted by atomic mass is 10.1. The highest BCUT2D eigenvalue weighted by atomic mass is 16.2. The maximum absolute atomic E-state index is 12.7. The van der Waals surface area contributed by atoms with Gasteiger partial charge >= 0.3 is 0 Å². The van der Waals surface area contributed by atoms with E-state index in [1.807, 2.05) is 6.07 Å². The standard InChI is InChI=1S/C16H16N6O2/c1-10-7-15(23)22-14(19-10)8-11(20-22)13-3-2-6-21(13)16(24)12-9-17-4-5-18-12/h4-5,7-9,13,20H,2-3,6H2,1H3/t13-/m0/s1. The molecular weight excluding hydrogens is 308 g/mol. The molecule has 0 radical (unpaired) electrons. The van der Waals surface area contributed by atoms with Gasteiger partial charge in [0.15, 0.2) is 5.65 Å². The summed E-state index contributed by atoms with van der Waals surface area (Å²) in [6.07, 6.45) is 6.24. The van der Waals surface area contributed by atoms with E-state index >= 15 is 0 Å². The van der Waals surface area contributed by atoms with Crippen molar-refractivity contribution in [3.05, 3.63) is 58.2 Å². The number of carbonyl (C=O) groups excluding carboxylic acids is 1. The van der Waals surface area contributed by atoms with Crippen molar-refractivity contribution in [1.82, 2.24) is 29.5 Å². The minimum Gasteiger partial charge on any atom is -0.329 e. The average molecular weight is 324 g/mol. The molecule has 1 atom stereocenters. The Labute approximate surface area is 137 Å². The number of aryl methyl sites for hydroxylation is 1. The average Bonchev–Trinajstić information content (AvgIpc) is 3.21. The van der Waals surface area contributed by atoms with Gasteiger partial charge in [-0.2, -0.15) is 0 Å². The molecule has 122 valence electrons. The summed E-state index contributed by atoms with van der Waals surface area (Å²) in [5.74, 6) is -0.152. The van der Waals surface area contributed by atoms with Crippen LogP contribution in [0.5, 0.6) is 0 Å². The van der Waals surface area contributed by atoms with Crippen LogP contribution < -0.4 is 5.56 Å². The molecule has 3 aromatic rings. The highest BCUT2D eigenvalue weighted by Gasteiger charge is 2.32. The second-order valence-corrected chi connectivity index (χ2v) is 5.89. The number of hydrogen-bond acceptors (Lipinski definition) is 5. The van der Waals surface area contributed by atoms with Crippen LogP contribution in [0.1, 0.15) is 40.8 Å². The number of nitrogens with one attached hydrogen (secondary N) is 1. The molecule has 1 amide bonds. The zero-order valence-corrected chi connectivity index (χ0v) is 13.1. The van der Waals surface area contributed by atoms with E-state index < -0.39 is 0 Å². The molecule has 4 heterocycles. The molecule has 0 unspecified atom stereocenters. The van der Waals surface area contributed by atoms with E-state index in [2.05, 4.69) is 20.1 Å². The fraction of sp³-hybridized carbons (Fsp3) is 0.312. The first-order valence-corrected chi connectivity index (χ1v) is 7.80. The molecule has 1 fully saturated rings. The zero-order valence-electron chi connectivity index (χ0n) is 13.1. The monoisotopic (exact) mass is 324 g/mol. The molecule has 8 nitrogen and oxygen atoms in total. The van der Waals surface area contributed by atoms with E-state index in [0.29, 0.717) is 23.6 Å². The number of fused-ring (bicyclic) bond motifs is 1. The predicted octanol–water partition coefficient (Wildman–Crippen LogP) is 1.10. The van der Waals surface area contributed by atoms with Crippen molar-refractivity contribution < 1.29 is 4.79 Å². The molecule has 1 saturated heterocycles. The second kappa shape index (κ2) is 5.55. The number of carbonyl (C=O) groups is 1. The summed E-state index contributed by atoms with van der Waals surface area (Å²) >= 11 is 0. The summed E-state index contributed by atoms with van der Waals surface area (Å²) in [7, 11) is 0. The minimum atomic E-state index is -0.159. The molecule has 1 aliphatic rings. The van der Waals surface area contributed by atoms with Gasteiger partial charge in [0.05, 0.1) is 17.9 Å². The van der Waals surface area contributed by atoms with Crippen molar-refractivity contribution in [3.63, 3.8) is 0 Å². The van der Waals surface area contributed by atoms with Gasteiger partial charge in [0.1, 0.15) is 5.69 Å². The van der Waals surface area contributed by atoms with Gasteiger partial charge in [-0.25, -0.2) is 14.5 Å². The van der Waals surface area contributed by atoms with Gasteiger partial charge < -0.3 is 4.90 Å². The van der Waals surface area contributed by atoms with Crippen molar-refractivity contribution in [2.24, 2.45) is 0 Å². The molecular formula is C16H16N6O2. The van der Waals surface area contributed by atoms with Gasteiger partial charge in [-0.1, -0.05) is 0 Å². The zero-order chi connectivity index (χ0) is 16.7.